The number of barbiturate groups is 1. The molecule has 1 aliphatic rings. The standard InChI is InChI=1S/C28H23BrClN3O6/c1-15-8-9-18(13-21(15)30)33-27(36)19(26(35)32-28(33)37)10-17-11-20(29)25(23(12-17)38-3)39-14-24(34)31-22-7-5-4-6-16(22)2/h4-13H,14H2,1-3H3,(H,31,34)(H,32,35,37)/b19-10+. The number of carbonyl (C=O) groups excluding carboxylic acids is 4. The van der Waals surface area contributed by atoms with Crippen LogP contribution in [0.5, 0.6) is 11.5 Å². The van der Waals surface area contributed by atoms with Crippen molar-refractivity contribution in [2.45, 2.75) is 13.8 Å². The summed E-state index contributed by atoms with van der Waals surface area (Å²) < 4.78 is 11.6. The fourth-order valence-electron chi connectivity index (χ4n) is 3.78. The van der Waals surface area contributed by atoms with Gasteiger partial charge in [0.05, 0.1) is 17.3 Å². The molecule has 5 amide bonds. The van der Waals surface area contributed by atoms with Gasteiger partial charge in [-0.15, -0.1) is 0 Å². The van der Waals surface area contributed by atoms with E-state index < -0.39 is 17.8 Å². The van der Waals surface area contributed by atoms with E-state index in [4.69, 9.17) is 21.1 Å². The van der Waals surface area contributed by atoms with Crippen molar-refractivity contribution in [3.63, 3.8) is 0 Å². The van der Waals surface area contributed by atoms with Gasteiger partial charge >= 0.3 is 6.03 Å². The van der Waals surface area contributed by atoms with Crippen LogP contribution in [0.25, 0.3) is 6.08 Å². The van der Waals surface area contributed by atoms with E-state index in [1.807, 2.05) is 25.1 Å². The topological polar surface area (TPSA) is 114 Å². The number of urea groups is 1. The first kappa shape index (κ1) is 27.9. The van der Waals surface area contributed by atoms with Crippen LogP contribution in [0.2, 0.25) is 5.02 Å². The monoisotopic (exact) mass is 611 g/mol. The van der Waals surface area contributed by atoms with Crippen LogP contribution in [0, 0.1) is 13.8 Å². The zero-order chi connectivity index (χ0) is 28.3. The Hall–Kier alpha value is -4.15. The number of aryl methyl sites for hydroxylation is 2. The Morgan fingerprint density at radius 3 is 2.51 bits per heavy atom. The van der Waals surface area contributed by atoms with E-state index in [2.05, 4.69) is 26.6 Å². The maximum Gasteiger partial charge on any atom is 0.335 e. The van der Waals surface area contributed by atoms with Gasteiger partial charge in [0.15, 0.2) is 18.1 Å². The number of anilines is 2. The molecule has 3 aromatic carbocycles. The van der Waals surface area contributed by atoms with Gasteiger partial charge in [-0.25, -0.2) is 9.69 Å². The summed E-state index contributed by atoms with van der Waals surface area (Å²) in [6.07, 6.45) is 1.33. The number of nitrogens with one attached hydrogen (secondary N) is 2. The van der Waals surface area contributed by atoms with Crippen LogP contribution in [-0.4, -0.2) is 37.5 Å². The molecule has 0 radical (unpaired) electrons. The highest BCUT2D eigenvalue weighted by molar-refractivity contribution is 9.10. The molecule has 0 aliphatic carbocycles. The molecule has 4 rings (SSSR count). The lowest BCUT2D eigenvalue weighted by Crippen LogP contribution is -2.54. The summed E-state index contributed by atoms with van der Waals surface area (Å²) >= 11 is 9.58. The SMILES string of the molecule is COc1cc(/C=C2\C(=O)NC(=O)N(c3ccc(C)c(Cl)c3)C2=O)cc(Br)c1OCC(=O)Nc1ccccc1C. The molecule has 0 atom stereocenters. The summed E-state index contributed by atoms with van der Waals surface area (Å²) in [6, 6.07) is 14.3. The first-order chi connectivity index (χ1) is 18.6. The maximum atomic E-state index is 13.2. The number of para-hydroxylation sites is 1. The molecule has 0 spiro atoms. The van der Waals surface area contributed by atoms with Crippen molar-refractivity contribution in [2.24, 2.45) is 0 Å². The van der Waals surface area contributed by atoms with E-state index >= 15 is 0 Å². The van der Waals surface area contributed by atoms with Gasteiger partial charge in [0, 0.05) is 10.7 Å². The number of ether oxygens (including phenoxy) is 2. The van der Waals surface area contributed by atoms with Crippen LogP contribution >= 0.6 is 27.5 Å². The molecule has 11 heteroatoms. The Balaban J connectivity index is 1.57. The zero-order valence-corrected chi connectivity index (χ0v) is 23.5. The van der Waals surface area contributed by atoms with E-state index in [0.29, 0.717) is 20.7 Å². The fourth-order valence-corrected chi connectivity index (χ4v) is 4.53. The molecule has 1 fully saturated rings. The molecule has 0 aromatic heterocycles. The summed E-state index contributed by atoms with van der Waals surface area (Å²) in [4.78, 5) is 51.6. The summed E-state index contributed by atoms with van der Waals surface area (Å²) in [5.74, 6) is -1.52. The van der Waals surface area contributed by atoms with Crippen molar-refractivity contribution in [1.82, 2.24) is 5.32 Å². The van der Waals surface area contributed by atoms with Crippen molar-refractivity contribution < 1.29 is 28.7 Å². The highest BCUT2D eigenvalue weighted by Gasteiger charge is 2.37. The van der Waals surface area contributed by atoms with Crippen molar-refractivity contribution in [3.05, 3.63) is 86.4 Å². The normalized spacial score (nSPS) is 14.3. The van der Waals surface area contributed by atoms with Crippen LogP contribution in [0.3, 0.4) is 0 Å². The maximum absolute atomic E-state index is 13.2. The number of halogens is 2. The predicted molar refractivity (Wildman–Crippen MR) is 151 cm³/mol. The number of rotatable bonds is 7. The molecule has 3 aromatic rings. The number of hydrogen-bond acceptors (Lipinski definition) is 6. The van der Waals surface area contributed by atoms with Gasteiger partial charge in [-0.05, 0) is 82.9 Å². The molecule has 1 aliphatic heterocycles. The lowest BCUT2D eigenvalue weighted by Gasteiger charge is -2.26. The molecular weight excluding hydrogens is 590 g/mol. The third-order valence-corrected chi connectivity index (χ3v) is 6.84. The molecular formula is C28H23BrClN3O6. The van der Waals surface area contributed by atoms with Crippen LogP contribution in [0.1, 0.15) is 16.7 Å². The Morgan fingerprint density at radius 1 is 1.08 bits per heavy atom. The van der Waals surface area contributed by atoms with Gasteiger partial charge in [-0.3, -0.25) is 19.7 Å². The second-order valence-corrected chi connectivity index (χ2v) is 9.84. The molecule has 1 heterocycles. The van der Waals surface area contributed by atoms with Crippen LogP contribution < -0.4 is 25.0 Å². The van der Waals surface area contributed by atoms with E-state index in [9.17, 15) is 19.2 Å². The second kappa shape index (κ2) is 11.7. The third-order valence-electron chi connectivity index (χ3n) is 5.84. The molecule has 1 saturated heterocycles. The predicted octanol–water partition coefficient (Wildman–Crippen LogP) is 5.41. The van der Waals surface area contributed by atoms with Crippen molar-refractivity contribution in [3.8, 4) is 11.5 Å². The van der Waals surface area contributed by atoms with Crippen molar-refractivity contribution >= 4 is 68.7 Å². The summed E-state index contributed by atoms with van der Waals surface area (Å²) in [5, 5.41) is 5.33. The van der Waals surface area contributed by atoms with Crippen LogP contribution in [0.4, 0.5) is 16.2 Å². The number of carbonyl (C=O) groups is 4. The fraction of sp³-hybridized carbons (Fsp3) is 0.143. The number of nitrogens with zero attached hydrogens (tertiary/aromatic N) is 1. The zero-order valence-electron chi connectivity index (χ0n) is 21.1. The van der Waals surface area contributed by atoms with E-state index in [-0.39, 0.29) is 35.3 Å². The van der Waals surface area contributed by atoms with Gasteiger partial charge in [-0.1, -0.05) is 35.9 Å². The molecule has 2 N–H and O–H groups in total. The number of hydrogen-bond donors (Lipinski definition) is 2. The van der Waals surface area contributed by atoms with Gasteiger partial charge in [0.1, 0.15) is 5.57 Å². The van der Waals surface area contributed by atoms with Gasteiger partial charge in [0.25, 0.3) is 17.7 Å². The summed E-state index contributed by atoms with van der Waals surface area (Å²) in [7, 11) is 1.42. The van der Waals surface area contributed by atoms with E-state index in [1.54, 1.807) is 31.2 Å². The van der Waals surface area contributed by atoms with Gasteiger partial charge in [0.2, 0.25) is 0 Å². The largest absolute Gasteiger partial charge is 0.493 e. The smallest absolute Gasteiger partial charge is 0.335 e. The first-order valence-corrected chi connectivity index (χ1v) is 12.8. The van der Waals surface area contributed by atoms with E-state index in [0.717, 1.165) is 16.0 Å². The Labute approximate surface area is 237 Å². The summed E-state index contributed by atoms with van der Waals surface area (Å²) in [5.41, 5.74) is 2.71. The molecule has 200 valence electrons. The third kappa shape index (κ3) is 6.13. The first-order valence-electron chi connectivity index (χ1n) is 11.6. The van der Waals surface area contributed by atoms with Crippen molar-refractivity contribution in [2.75, 3.05) is 23.9 Å². The Kier molecular flexibility index (Phi) is 8.37. The molecule has 9 nitrogen and oxygen atoms in total. The number of imide groups is 2. The second-order valence-electron chi connectivity index (χ2n) is 8.58. The van der Waals surface area contributed by atoms with Crippen LogP contribution in [-0.2, 0) is 14.4 Å². The molecule has 0 saturated carbocycles. The van der Waals surface area contributed by atoms with Crippen molar-refractivity contribution in [1.29, 1.82) is 0 Å². The molecule has 0 unspecified atom stereocenters. The number of benzene rings is 3. The average Bonchev–Trinajstić information content (AvgIpc) is 2.89. The average molecular weight is 613 g/mol. The van der Waals surface area contributed by atoms with Crippen LogP contribution in [0.15, 0.2) is 64.6 Å². The highest BCUT2D eigenvalue weighted by atomic mass is 79.9. The molecule has 0 bridgehead atoms. The minimum Gasteiger partial charge on any atom is -0.493 e. The Morgan fingerprint density at radius 2 is 1.82 bits per heavy atom. The van der Waals surface area contributed by atoms with E-state index in [1.165, 1.54) is 25.3 Å². The molecule has 39 heavy (non-hydrogen) atoms. The minimum atomic E-state index is -0.881. The van der Waals surface area contributed by atoms with Gasteiger partial charge in [-0.2, -0.15) is 0 Å². The quantitative estimate of drug-likeness (QED) is 0.272. The highest BCUT2D eigenvalue weighted by Crippen LogP contribution is 2.37. The minimum absolute atomic E-state index is 0.220. The Bertz CT molecular complexity index is 1540. The lowest BCUT2D eigenvalue weighted by atomic mass is 10.1. The number of methoxy groups -OCH3 is 1. The van der Waals surface area contributed by atoms with Gasteiger partial charge < -0.3 is 14.8 Å². The number of amides is 5. The summed E-state index contributed by atoms with van der Waals surface area (Å²) in [6.45, 7) is 3.38. The lowest BCUT2D eigenvalue weighted by molar-refractivity contribution is -0.122.